The van der Waals surface area contributed by atoms with E-state index in [9.17, 15) is 13.2 Å². The van der Waals surface area contributed by atoms with E-state index in [0.717, 1.165) is 0 Å². The number of carbonyl (C=O) groups excluding carboxylic acids is 1. The summed E-state index contributed by atoms with van der Waals surface area (Å²) < 4.78 is 70.0. The second kappa shape index (κ2) is 7.81. The minimum Gasteiger partial charge on any atom is -0.497 e. The third-order valence-electron chi connectivity index (χ3n) is 3.71. The van der Waals surface area contributed by atoms with Gasteiger partial charge in [0.2, 0.25) is 17.4 Å². The molecule has 0 saturated heterocycles. The van der Waals surface area contributed by atoms with Gasteiger partial charge in [-0.2, -0.15) is 8.42 Å². The summed E-state index contributed by atoms with van der Waals surface area (Å²) in [5, 5.41) is 0. The third-order valence-corrected chi connectivity index (χ3v) is 4.58. The van der Waals surface area contributed by atoms with Crippen molar-refractivity contribution in [2.24, 2.45) is 5.73 Å². The van der Waals surface area contributed by atoms with Crippen LogP contribution in [0.15, 0.2) is 60.2 Å². The molecule has 28 heavy (non-hydrogen) atoms. The van der Waals surface area contributed by atoms with Crippen molar-refractivity contribution in [2.45, 2.75) is 11.8 Å². The van der Waals surface area contributed by atoms with Gasteiger partial charge in [-0.25, -0.2) is 0 Å². The second-order valence-corrected chi connectivity index (χ2v) is 6.80. The first kappa shape index (κ1) is 15.8. The Labute approximate surface area is 166 Å². The number of benzene rings is 2. The van der Waals surface area contributed by atoms with E-state index in [2.05, 4.69) is 0 Å². The standard InChI is InChI=1S/C19H19NO7S/c1-24-13-8-9-14(15(10-13)25-2)17-16(21)18(19(20)26-17)27-28(22,23)11-12-6-4-3-5-7-12/h3-10,17H,11,20H2,1-2H3/t17-/m0/s1/i11D2,17D. The Balaban J connectivity index is 1.97. The van der Waals surface area contributed by atoms with Crippen molar-refractivity contribution in [2.75, 3.05) is 14.2 Å². The van der Waals surface area contributed by atoms with Crippen molar-refractivity contribution < 1.29 is 35.7 Å². The SMILES string of the molecule is [2H]C([2H])(c1ccccc1)S(=O)(=O)OC1=C(N)O[C@@]([2H])(c2ccc(OC)cc2OC)C1=O. The summed E-state index contributed by atoms with van der Waals surface area (Å²) in [6.45, 7) is 0. The molecule has 0 saturated carbocycles. The molecule has 0 bridgehead atoms. The Hall–Kier alpha value is -3.20. The van der Waals surface area contributed by atoms with Crippen LogP contribution in [0, 0.1) is 0 Å². The molecular formula is C19H19NO7S. The van der Waals surface area contributed by atoms with Crippen LogP contribution in [0.1, 0.15) is 21.3 Å². The van der Waals surface area contributed by atoms with Crippen LogP contribution in [0.2, 0.25) is 0 Å². The van der Waals surface area contributed by atoms with Crippen molar-refractivity contribution in [1.82, 2.24) is 0 Å². The summed E-state index contributed by atoms with van der Waals surface area (Å²) in [5.74, 6) is -2.57. The lowest BCUT2D eigenvalue weighted by Crippen LogP contribution is -2.16. The second-order valence-electron chi connectivity index (χ2n) is 5.53. The molecule has 3 rings (SSSR count). The van der Waals surface area contributed by atoms with Crippen LogP contribution in [0.25, 0.3) is 0 Å². The van der Waals surface area contributed by atoms with E-state index < -0.39 is 39.3 Å². The quantitative estimate of drug-likeness (QED) is 0.692. The highest BCUT2D eigenvalue weighted by Gasteiger charge is 2.41. The van der Waals surface area contributed by atoms with E-state index in [1.165, 1.54) is 56.7 Å². The molecule has 1 aliphatic heterocycles. The topological polar surface area (TPSA) is 114 Å². The molecule has 0 fully saturated rings. The molecule has 1 aliphatic rings. The Morgan fingerprint density at radius 2 is 1.89 bits per heavy atom. The highest BCUT2D eigenvalue weighted by molar-refractivity contribution is 7.86. The summed E-state index contributed by atoms with van der Waals surface area (Å²) in [6.07, 6.45) is -2.51. The minimum atomic E-state index is -5.06. The van der Waals surface area contributed by atoms with Gasteiger partial charge in [-0.1, -0.05) is 30.3 Å². The molecule has 2 aromatic rings. The smallest absolute Gasteiger partial charge is 0.313 e. The summed E-state index contributed by atoms with van der Waals surface area (Å²) in [4.78, 5) is 13.0. The zero-order valence-electron chi connectivity index (χ0n) is 18.0. The normalized spacial score (nSPS) is 21.4. The largest absolute Gasteiger partial charge is 0.497 e. The van der Waals surface area contributed by atoms with Gasteiger partial charge in [0.1, 0.15) is 17.2 Å². The summed E-state index contributed by atoms with van der Waals surface area (Å²) in [6, 6.07) is 11.2. The number of rotatable bonds is 7. The van der Waals surface area contributed by atoms with Gasteiger partial charge in [0.25, 0.3) is 0 Å². The van der Waals surface area contributed by atoms with Gasteiger partial charge in [0, 0.05) is 11.6 Å². The molecule has 0 amide bonds. The fourth-order valence-electron chi connectivity index (χ4n) is 2.44. The molecule has 0 spiro atoms. The summed E-state index contributed by atoms with van der Waals surface area (Å²) in [7, 11) is -2.35. The maximum Gasteiger partial charge on any atom is 0.313 e. The van der Waals surface area contributed by atoms with Crippen LogP contribution >= 0.6 is 0 Å². The fraction of sp³-hybridized carbons (Fsp3) is 0.211. The zero-order chi connectivity index (χ0) is 23.0. The average molecular weight is 408 g/mol. The van der Waals surface area contributed by atoms with Crippen LogP contribution in [-0.4, -0.2) is 28.4 Å². The number of Topliss-reactive ketones (excluding diaryl/α,β-unsaturated/α-hetero) is 1. The molecule has 8 nitrogen and oxygen atoms in total. The van der Waals surface area contributed by atoms with E-state index in [0.29, 0.717) is 5.75 Å². The van der Waals surface area contributed by atoms with Crippen molar-refractivity contribution in [3.63, 3.8) is 0 Å². The highest BCUT2D eigenvalue weighted by atomic mass is 32.2. The molecule has 0 aromatic heterocycles. The van der Waals surface area contributed by atoms with Crippen LogP contribution in [0.5, 0.6) is 11.5 Å². The number of nitrogens with two attached hydrogens (primary N) is 1. The van der Waals surface area contributed by atoms with Gasteiger partial charge in [-0.3, -0.25) is 4.79 Å². The van der Waals surface area contributed by atoms with Crippen molar-refractivity contribution in [1.29, 1.82) is 0 Å². The first-order chi connectivity index (χ1) is 14.5. The number of ketones is 1. The maximum atomic E-state index is 13.0. The Bertz CT molecular complexity index is 1150. The first-order valence-electron chi connectivity index (χ1n) is 9.43. The van der Waals surface area contributed by atoms with Gasteiger partial charge in [-0.05, 0) is 17.7 Å². The molecule has 9 heteroatoms. The molecule has 0 aliphatic carbocycles. The first-order valence-corrected chi connectivity index (χ1v) is 9.34. The minimum absolute atomic E-state index is 0.0548. The van der Waals surface area contributed by atoms with Crippen LogP contribution in [0.3, 0.4) is 0 Å². The van der Waals surface area contributed by atoms with Crippen molar-refractivity contribution in [3.8, 4) is 11.5 Å². The lowest BCUT2D eigenvalue weighted by Gasteiger charge is -2.15. The molecule has 148 valence electrons. The molecule has 0 unspecified atom stereocenters. The van der Waals surface area contributed by atoms with Gasteiger partial charge >= 0.3 is 10.1 Å². The Morgan fingerprint density at radius 1 is 1.18 bits per heavy atom. The monoisotopic (exact) mass is 408 g/mol. The van der Waals surface area contributed by atoms with Gasteiger partial charge in [-0.15, -0.1) is 0 Å². The number of ether oxygens (including phenoxy) is 3. The van der Waals surface area contributed by atoms with Crippen LogP contribution in [-0.2, 0) is 29.5 Å². The number of carbonyl (C=O) groups is 1. The van der Waals surface area contributed by atoms with Crippen molar-refractivity contribution >= 4 is 15.9 Å². The van der Waals surface area contributed by atoms with E-state index in [4.69, 9.17) is 28.2 Å². The summed E-state index contributed by atoms with van der Waals surface area (Å²) >= 11 is 0. The number of methoxy groups -OCH3 is 2. The van der Waals surface area contributed by atoms with Crippen LogP contribution in [0.4, 0.5) is 0 Å². The molecule has 2 N–H and O–H groups in total. The van der Waals surface area contributed by atoms with E-state index >= 15 is 0 Å². The summed E-state index contributed by atoms with van der Waals surface area (Å²) in [5.41, 5.74) is 2.36. The molecule has 1 atom stereocenters. The van der Waals surface area contributed by atoms with Crippen molar-refractivity contribution in [3.05, 3.63) is 71.3 Å². The molecule has 1 heterocycles. The molecular weight excluding hydrogens is 386 g/mol. The maximum absolute atomic E-state index is 13.0. The molecule has 2 aromatic carbocycles. The third kappa shape index (κ3) is 4.04. The van der Waals surface area contributed by atoms with E-state index in [-0.39, 0.29) is 16.9 Å². The van der Waals surface area contributed by atoms with Gasteiger partial charge in [0.05, 0.1) is 18.3 Å². The fourth-order valence-corrected chi connectivity index (χ4v) is 3.28. The lowest BCUT2D eigenvalue weighted by atomic mass is 10.0. The van der Waals surface area contributed by atoms with E-state index in [1.54, 1.807) is 6.07 Å². The predicted molar refractivity (Wildman–Crippen MR) is 99.7 cm³/mol. The van der Waals surface area contributed by atoms with E-state index in [1.807, 2.05) is 0 Å². The number of hydrogen-bond donors (Lipinski definition) is 1. The van der Waals surface area contributed by atoms with Gasteiger partial charge < -0.3 is 24.1 Å². The molecule has 0 radical (unpaired) electrons. The van der Waals surface area contributed by atoms with Gasteiger partial charge in [0.15, 0.2) is 6.08 Å². The lowest BCUT2D eigenvalue weighted by molar-refractivity contribution is -0.123. The Kier molecular flexibility index (Phi) is 4.41. The number of hydrogen-bond acceptors (Lipinski definition) is 8. The predicted octanol–water partition coefficient (Wildman–Crippen LogP) is 2.02. The van der Waals surface area contributed by atoms with Crippen LogP contribution < -0.4 is 15.2 Å². The highest BCUT2D eigenvalue weighted by Crippen LogP contribution is 2.38. The Morgan fingerprint density at radius 3 is 2.54 bits per heavy atom. The average Bonchev–Trinajstić information content (AvgIpc) is 2.97. The zero-order valence-corrected chi connectivity index (χ0v) is 15.8.